The SMILES string of the molecule is CN(C)c1ccc(CCC(=O)NC2CCC(=O)NC2)cc1. The summed E-state index contributed by atoms with van der Waals surface area (Å²) in [5, 5.41) is 5.75. The average Bonchev–Trinajstić information content (AvgIpc) is 2.48. The Morgan fingerprint density at radius 2 is 2.05 bits per heavy atom. The van der Waals surface area contributed by atoms with Gasteiger partial charge in [0.15, 0.2) is 0 Å². The standard InChI is InChI=1S/C16H23N3O2/c1-19(2)14-7-3-12(4-8-14)5-9-16(21)18-13-6-10-15(20)17-11-13/h3-4,7-8,13H,5-6,9-11H2,1-2H3,(H,17,20)(H,18,21). The van der Waals surface area contributed by atoms with Gasteiger partial charge in [0.2, 0.25) is 11.8 Å². The summed E-state index contributed by atoms with van der Waals surface area (Å²) in [6.07, 6.45) is 2.44. The largest absolute Gasteiger partial charge is 0.378 e. The molecular weight excluding hydrogens is 266 g/mol. The maximum absolute atomic E-state index is 11.9. The lowest BCUT2D eigenvalue weighted by atomic mass is 10.1. The first-order valence-electron chi connectivity index (χ1n) is 7.37. The highest BCUT2D eigenvalue weighted by Crippen LogP contribution is 2.13. The summed E-state index contributed by atoms with van der Waals surface area (Å²) in [4.78, 5) is 25.0. The quantitative estimate of drug-likeness (QED) is 0.852. The highest BCUT2D eigenvalue weighted by Gasteiger charge is 2.19. The van der Waals surface area contributed by atoms with Crippen LogP contribution in [0.5, 0.6) is 0 Å². The molecule has 0 saturated carbocycles. The second-order valence-corrected chi connectivity index (χ2v) is 5.67. The number of rotatable bonds is 5. The van der Waals surface area contributed by atoms with Gasteiger partial charge in [-0.2, -0.15) is 0 Å². The molecule has 1 atom stereocenters. The van der Waals surface area contributed by atoms with Crippen molar-refractivity contribution in [1.82, 2.24) is 10.6 Å². The summed E-state index contributed by atoms with van der Waals surface area (Å²) >= 11 is 0. The van der Waals surface area contributed by atoms with Crippen LogP contribution in [0.2, 0.25) is 0 Å². The zero-order valence-electron chi connectivity index (χ0n) is 12.7. The van der Waals surface area contributed by atoms with E-state index in [2.05, 4.69) is 34.9 Å². The molecule has 114 valence electrons. The van der Waals surface area contributed by atoms with E-state index >= 15 is 0 Å². The van der Waals surface area contributed by atoms with E-state index in [4.69, 9.17) is 0 Å². The predicted molar refractivity (Wildman–Crippen MR) is 83.3 cm³/mol. The van der Waals surface area contributed by atoms with Gasteiger partial charge in [-0.25, -0.2) is 0 Å². The van der Waals surface area contributed by atoms with Gasteiger partial charge < -0.3 is 15.5 Å². The molecule has 5 nitrogen and oxygen atoms in total. The third-order valence-corrected chi connectivity index (χ3v) is 3.72. The summed E-state index contributed by atoms with van der Waals surface area (Å²) in [6.45, 7) is 0.544. The van der Waals surface area contributed by atoms with Crippen molar-refractivity contribution in [2.75, 3.05) is 25.5 Å². The van der Waals surface area contributed by atoms with Crippen LogP contribution in [-0.2, 0) is 16.0 Å². The minimum absolute atomic E-state index is 0.0489. The minimum atomic E-state index is 0.0489. The molecule has 1 aromatic rings. The van der Waals surface area contributed by atoms with Crippen LogP contribution in [0, 0.1) is 0 Å². The molecule has 1 fully saturated rings. The third kappa shape index (κ3) is 4.77. The van der Waals surface area contributed by atoms with Gasteiger partial charge >= 0.3 is 0 Å². The van der Waals surface area contributed by atoms with Gasteiger partial charge in [-0.15, -0.1) is 0 Å². The van der Waals surface area contributed by atoms with Crippen LogP contribution in [-0.4, -0.2) is 38.5 Å². The van der Waals surface area contributed by atoms with Gasteiger partial charge in [0.25, 0.3) is 0 Å². The fourth-order valence-corrected chi connectivity index (χ4v) is 2.37. The Balaban J connectivity index is 1.74. The number of carbonyl (C=O) groups is 2. The first kappa shape index (κ1) is 15.4. The lowest BCUT2D eigenvalue weighted by molar-refractivity contribution is -0.125. The number of nitrogens with one attached hydrogen (secondary N) is 2. The summed E-state index contributed by atoms with van der Waals surface area (Å²) in [6, 6.07) is 8.31. The molecule has 1 heterocycles. The smallest absolute Gasteiger partial charge is 0.220 e. The minimum Gasteiger partial charge on any atom is -0.378 e. The Hall–Kier alpha value is -2.04. The fourth-order valence-electron chi connectivity index (χ4n) is 2.37. The number of benzene rings is 1. The van der Waals surface area contributed by atoms with Crippen molar-refractivity contribution in [3.63, 3.8) is 0 Å². The van der Waals surface area contributed by atoms with E-state index < -0.39 is 0 Å². The highest BCUT2D eigenvalue weighted by atomic mass is 16.2. The van der Waals surface area contributed by atoms with Gasteiger partial charge in [0.05, 0.1) is 0 Å². The first-order chi connectivity index (χ1) is 10.0. The lowest BCUT2D eigenvalue weighted by Gasteiger charge is -2.23. The lowest BCUT2D eigenvalue weighted by Crippen LogP contribution is -2.47. The molecule has 1 saturated heterocycles. The van der Waals surface area contributed by atoms with E-state index in [-0.39, 0.29) is 17.9 Å². The molecule has 2 amide bonds. The molecule has 0 aliphatic carbocycles. The summed E-state index contributed by atoms with van der Waals surface area (Å²) in [5.74, 6) is 0.120. The molecule has 1 aliphatic rings. The number of hydrogen-bond acceptors (Lipinski definition) is 3. The number of carbonyl (C=O) groups excluding carboxylic acids is 2. The Bertz CT molecular complexity index is 487. The van der Waals surface area contributed by atoms with E-state index in [1.54, 1.807) is 0 Å². The maximum Gasteiger partial charge on any atom is 0.220 e. The van der Waals surface area contributed by atoms with Crippen LogP contribution in [0.1, 0.15) is 24.8 Å². The molecule has 0 aromatic heterocycles. The Kier molecular flexibility index (Phi) is 5.20. The molecule has 1 aromatic carbocycles. The molecule has 0 spiro atoms. The van der Waals surface area contributed by atoms with E-state index in [1.807, 2.05) is 19.0 Å². The van der Waals surface area contributed by atoms with Crippen LogP contribution in [0.4, 0.5) is 5.69 Å². The van der Waals surface area contributed by atoms with Crippen molar-refractivity contribution in [1.29, 1.82) is 0 Å². The van der Waals surface area contributed by atoms with Crippen molar-refractivity contribution in [3.8, 4) is 0 Å². The summed E-state index contributed by atoms with van der Waals surface area (Å²) in [5.41, 5.74) is 2.31. The van der Waals surface area contributed by atoms with Crippen molar-refractivity contribution < 1.29 is 9.59 Å². The third-order valence-electron chi connectivity index (χ3n) is 3.72. The van der Waals surface area contributed by atoms with Crippen LogP contribution in [0.25, 0.3) is 0 Å². The van der Waals surface area contributed by atoms with Gasteiger partial charge in [0, 0.05) is 45.2 Å². The second kappa shape index (κ2) is 7.11. The van der Waals surface area contributed by atoms with Gasteiger partial charge in [-0.1, -0.05) is 12.1 Å². The number of piperidine rings is 1. The van der Waals surface area contributed by atoms with Crippen molar-refractivity contribution in [3.05, 3.63) is 29.8 Å². The normalized spacial score (nSPS) is 18.0. The van der Waals surface area contributed by atoms with Crippen molar-refractivity contribution >= 4 is 17.5 Å². The second-order valence-electron chi connectivity index (χ2n) is 5.67. The molecule has 2 rings (SSSR count). The zero-order valence-corrected chi connectivity index (χ0v) is 12.7. The first-order valence-corrected chi connectivity index (χ1v) is 7.37. The Morgan fingerprint density at radius 3 is 2.62 bits per heavy atom. The number of nitrogens with zero attached hydrogens (tertiary/aromatic N) is 1. The van der Waals surface area contributed by atoms with Crippen LogP contribution >= 0.6 is 0 Å². The molecule has 5 heteroatoms. The number of aryl methyl sites for hydroxylation is 1. The number of hydrogen-bond donors (Lipinski definition) is 2. The topological polar surface area (TPSA) is 61.4 Å². The molecule has 21 heavy (non-hydrogen) atoms. The van der Waals surface area contributed by atoms with Crippen LogP contribution in [0.15, 0.2) is 24.3 Å². The molecule has 0 radical (unpaired) electrons. The van der Waals surface area contributed by atoms with Gasteiger partial charge in [-0.3, -0.25) is 9.59 Å². The van der Waals surface area contributed by atoms with Crippen molar-refractivity contribution in [2.24, 2.45) is 0 Å². The Labute approximate surface area is 125 Å². The summed E-state index contributed by atoms with van der Waals surface area (Å²) in [7, 11) is 4.01. The molecule has 2 N–H and O–H groups in total. The number of anilines is 1. The molecular formula is C16H23N3O2. The maximum atomic E-state index is 11.9. The van der Waals surface area contributed by atoms with E-state index in [0.717, 1.165) is 24.1 Å². The zero-order chi connectivity index (χ0) is 15.2. The van der Waals surface area contributed by atoms with E-state index in [0.29, 0.717) is 19.4 Å². The van der Waals surface area contributed by atoms with Gasteiger partial charge in [-0.05, 0) is 30.5 Å². The monoisotopic (exact) mass is 289 g/mol. The molecule has 0 bridgehead atoms. The predicted octanol–water partition coefficient (Wildman–Crippen LogP) is 1.08. The summed E-state index contributed by atoms with van der Waals surface area (Å²) < 4.78 is 0. The highest BCUT2D eigenvalue weighted by molar-refractivity contribution is 5.79. The van der Waals surface area contributed by atoms with E-state index in [1.165, 1.54) is 0 Å². The number of amides is 2. The van der Waals surface area contributed by atoms with Crippen molar-refractivity contribution in [2.45, 2.75) is 31.7 Å². The molecule has 1 unspecified atom stereocenters. The average molecular weight is 289 g/mol. The van der Waals surface area contributed by atoms with Crippen LogP contribution in [0.3, 0.4) is 0 Å². The van der Waals surface area contributed by atoms with Gasteiger partial charge in [0.1, 0.15) is 0 Å². The van der Waals surface area contributed by atoms with Crippen LogP contribution < -0.4 is 15.5 Å². The fraction of sp³-hybridized carbons (Fsp3) is 0.500. The molecule has 1 aliphatic heterocycles. The van der Waals surface area contributed by atoms with E-state index in [9.17, 15) is 9.59 Å². The Morgan fingerprint density at radius 1 is 1.33 bits per heavy atom.